The van der Waals surface area contributed by atoms with Crippen LogP contribution in [0.3, 0.4) is 0 Å². The minimum atomic E-state index is -0.810. The highest BCUT2D eigenvalue weighted by atomic mass is 32.2. The van der Waals surface area contributed by atoms with Crippen LogP contribution in [-0.2, 0) is 11.3 Å². The molecular formula is C28H24N4O3S2. The maximum Gasteiger partial charge on any atom is 0.267 e. The van der Waals surface area contributed by atoms with Gasteiger partial charge in [-0.1, -0.05) is 90.7 Å². The van der Waals surface area contributed by atoms with Crippen LogP contribution in [-0.4, -0.2) is 36.2 Å². The zero-order valence-electron chi connectivity index (χ0n) is 20.0. The van der Waals surface area contributed by atoms with Crippen molar-refractivity contribution >= 4 is 51.7 Å². The Bertz CT molecular complexity index is 1570. The molecule has 1 atom stereocenters. The van der Waals surface area contributed by atoms with E-state index in [1.54, 1.807) is 18.3 Å². The minimum Gasteiger partial charge on any atom is -0.387 e. The Hall–Kier alpha value is -3.79. The fourth-order valence-electron chi connectivity index (χ4n) is 4.10. The predicted octanol–water partition coefficient (Wildman–Crippen LogP) is 4.55. The molecule has 2 aromatic heterocycles. The molecule has 1 aliphatic heterocycles. The number of benzene rings is 2. The second kappa shape index (κ2) is 10.7. The first-order chi connectivity index (χ1) is 17.9. The van der Waals surface area contributed by atoms with Crippen molar-refractivity contribution in [3.63, 3.8) is 0 Å². The number of pyridine rings is 1. The van der Waals surface area contributed by atoms with E-state index in [9.17, 15) is 14.7 Å². The van der Waals surface area contributed by atoms with Crippen molar-refractivity contribution in [1.29, 1.82) is 0 Å². The van der Waals surface area contributed by atoms with E-state index in [0.717, 1.165) is 28.5 Å². The molecule has 0 saturated carbocycles. The summed E-state index contributed by atoms with van der Waals surface area (Å²) in [7, 11) is 0. The summed E-state index contributed by atoms with van der Waals surface area (Å²) in [6.45, 7) is 2.36. The van der Waals surface area contributed by atoms with E-state index in [1.807, 2.05) is 73.7 Å². The smallest absolute Gasteiger partial charge is 0.267 e. The molecule has 0 aliphatic carbocycles. The fourth-order valence-corrected chi connectivity index (χ4v) is 5.33. The van der Waals surface area contributed by atoms with Gasteiger partial charge in [-0.2, -0.15) is 0 Å². The number of aliphatic hydroxyl groups excluding tert-OH is 1. The quantitative estimate of drug-likeness (QED) is 0.269. The number of aryl methyl sites for hydroxylation is 1. The number of rotatable bonds is 7. The standard InChI is InChI=1S/C28H24N4O3S2/c1-18-9-8-14-31-25(18)30-24(29-16-22(33)20-12-6-3-7-13-20)21(26(31)34)15-23-27(35)32(28(36)37-23)17-19-10-4-2-5-11-19/h2-15,22,29,33H,16-17H2,1H3/b23-15-/t22-/m0/s1. The molecule has 4 aromatic rings. The number of aromatic nitrogens is 2. The maximum atomic E-state index is 13.6. The first-order valence-electron chi connectivity index (χ1n) is 11.7. The SMILES string of the molecule is Cc1cccn2c(=O)c(/C=C3\SC(=S)N(Cc4ccccc4)C3=O)c(NC[C@H](O)c3ccccc3)nc12. The lowest BCUT2D eigenvalue weighted by Crippen LogP contribution is -2.27. The summed E-state index contributed by atoms with van der Waals surface area (Å²) < 4.78 is 1.89. The monoisotopic (exact) mass is 528 g/mol. The van der Waals surface area contributed by atoms with E-state index >= 15 is 0 Å². The van der Waals surface area contributed by atoms with Crippen molar-refractivity contribution in [3.05, 3.63) is 117 Å². The predicted molar refractivity (Wildman–Crippen MR) is 151 cm³/mol. The van der Waals surface area contributed by atoms with Crippen molar-refractivity contribution in [1.82, 2.24) is 14.3 Å². The van der Waals surface area contributed by atoms with Crippen LogP contribution in [0.5, 0.6) is 0 Å². The number of carbonyl (C=O) groups excluding carboxylic acids is 1. The summed E-state index contributed by atoms with van der Waals surface area (Å²) in [4.78, 5) is 33.4. The highest BCUT2D eigenvalue weighted by Crippen LogP contribution is 2.34. The molecule has 0 radical (unpaired) electrons. The second-order valence-corrected chi connectivity index (χ2v) is 10.3. The summed E-state index contributed by atoms with van der Waals surface area (Å²) in [5.74, 6) is 0.0328. The Morgan fingerprint density at radius 2 is 1.76 bits per heavy atom. The van der Waals surface area contributed by atoms with Crippen LogP contribution >= 0.6 is 24.0 Å². The molecule has 37 heavy (non-hydrogen) atoms. The van der Waals surface area contributed by atoms with Gasteiger partial charge in [-0.25, -0.2) is 4.98 Å². The molecule has 1 amide bonds. The van der Waals surface area contributed by atoms with Gasteiger partial charge in [0.15, 0.2) is 0 Å². The Morgan fingerprint density at radius 3 is 2.49 bits per heavy atom. The Labute approximate surface area is 223 Å². The number of fused-ring (bicyclic) bond motifs is 1. The third-order valence-electron chi connectivity index (χ3n) is 6.06. The fraction of sp³-hybridized carbons (Fsp3) is 0.143. The van der Waals surface area contributed by atoms with Gasteiger partial charge in [-0.15, -0.1) is 0 Å². The highest BCUT2D eigenvalue weighted by molar-refractivity contribution is 8.26. The van der Waals surface area contributed by atoms with Crippen LogP contribution < -0.4 is 10.9 Å². The lowest BCUT2D eigenvalue weighted by molar-refractivity contribution is -0.122. The van der Waals surface area contributed by atoms with E-state index in [2.05, 4.69) is 5.32 Å². The average molecular weight is 529 g/mol. The van der Waals surface area contributed by atoms with Gasteiger partial charge in [0.25, 0.3) is 11.5 Å². The Morgan fingerprint density at radius 1 is 1.05 bits per heavy atom. The van der Waals surface area contributed by atoms with E-state index in [-0.39, 0.29) is 23.6 Å². The van der Waals surface area contributed by atoms with Crippen LogP contribution in [0, 0.1) is 6.92 Å². The molecule has 0 spiro atoms. The molecule has 9 heteroatoms. The van der Waals surface area contributed by atoms with Gasteiger partial charge in [0.1, 0.15) is 15.8 Å². The molecule has 2 N–H and O–H groups in total. The molecule has 0 bridgehead atoms. The molecule has 1 saturated heterocycles. The van der Waals surface area contributed by atoms with E-state index < -0.39 is 6.10 Å². The van der Waals surface area contributed by atoms with Gasteiger partial charge in [0, 0.05) is 12.7 Å². The Balaban J connectivity index is 1.51. The maximum absolute atomic E-state index is 13.6. The number of carbonyl (C=O) groups is 1. The molecule has 7 nitrogen and oxygen atoms in total. The minimum absolute atomic E-state index is 0.133. The summed E-state index contributed by atoms with van der Waals surface area (Å²) in [5, 5.41) is 13.8. The summed E-state index contributed by atoms with van der Waals surface area (Å²) in [6, 6.07) is 22.5. The summed E-state index contributed by atoms with van der Waals surface area (Å²) in [6.07, 6.45) is 2.39. The number of anilines is 1. The number of hydrogen-bond donors (Lipinski definition) is 2. The van der Waals surface area contributed by atoms with E-state index in [4.69, 9.17) is 17.2 Å². The third kappa shape index (κ3) is 5.20. The average Bonchev–Trinajstić information content (AvgIpc) is 3.18. The van der Waals surface area contributed by atoms with Gasteiger partial charge >= 0.3 is 0 Å². The molecule has 3 heterocycles. The highest BCUT2D eigenvalue weighted by Gasteiger charge is 2.32. The summed E-state index contributed by atoms with van der Waals surface area (Å²) in [5.41, 5.74) is 2.93. The zero-order valence-corrected chi connectivity index (χ0v) is 21.6. The third-order valence-corrected chi connectivity index (χ3v) is 7.44. The molecule has 5 rings (SSSR count). The van der Waals surface area contributed by atoms with Gasteiger partial charge < -0.3 is 10.4 Å². The molecule has 2 aromatic carbocycles. The first-order valence-corrected chi connectivity index (χ1v) is 12.9. The number of thioether (sulfide) groups is 1. The summed E-state index contributed by atoms with van der Waals surface area (Å²) >= 11 is 6.65. The number of thiocarbonyl (C=S) groups is 1. The van der Waals surface area contributed by atoms with Crippen LogP contribution in [0.15, 0.2) is 88.7 Å². The van der Waals surface area contributed by atoms with Gasteiger partial charge in [0.2, 0.25) is 0 Å². The van der Waals surface area contributed by atoms with Crippen molar-refractivity contribution in [3.8, 4) is 0 Å². The lowest BCUT2D eigenvalue weighted by atomic mass is 10.1. The van der Waals surface area contributed by atoms with Gasteiger partial charge in [0.05, 0.1) is 23.1 Å². The molecular weight excluding hydrogens is 504 g/mol. The second-order valence-electron chi connectivity index (χ2n) is 8.62. The van der Waals surface area contributed by atoms with E-state index in [0.29, 0.717) is 27.2 Å². The van der Waals surface area contributed by atoms with E-state index in [1.165, 1.54) is 9.30 Å². The topological polar surface area (TPSA) is 86.9 Å². The van der Waals surface area contributed by atoms with Crippen molar-refractivity contribution < 1.29 is 9.90 Å². The van der Waals surface area contributed by atoms with Gasteiger partial charge in [-0.05, 0) is 35.8 Å². The zero-order chi connectivity index (χ0) is 25.9. The van der Waals surface area contributed by atoms with Crippen molar-refractivity contribution in [2.45, 2.75) is 19.6 Å². The number of nitrogens with zero attached hydrogens (tertiary/aromatic N) is 3. The number of hydrogen-bond acceptors (Lipinski definition) is 7. The number of amides is 1. The van der Waals surface area contributed by atoms with Crippen LogP contribution in [0.1, 0.15) is 28.4 Å². The van der Waals surface area contributed by atoms with Gasteiger partial charge in [-0.3, -0.25) is 18.9 Å². The largest absolute Gasteiger partial charge is 0.387 e. The molecule has 1 aliphatic rings. The lowest BCUT2D eigenvalue weighted by Gasteiger charge is -2.16. The number of aliphatic hydroxyl groups is 1. The number of nitrogens with one attached hydrogen (secondary N) is 1. The molecule has 186 valence electrons. The van der Waals surface area contributed by atoms with Crippen LogP contribution in [0.25, 0.3) is 11.7 Å². The molecule has 1 fully saturated rings. The van der Waals surface area contributed by atoms with Crippen molar-refractivity contribution in [2.24, 2.45) is 0 Å². The normalized spacial score (nSPS) is 15.5. The first kappa shape index (κ1) is 24.9. The van der Waals surface area contributed by atoms with Crippen LogP contribution in [0.4, 0.5) is 5.82 Å². The Kier molecular flexibility index (Phi) is 7.18. The molecule has 0 unspecified atom stereocenters. The van der Waals surface area contributed by atoms with Crippen LogP contribution in [0.2, 0.25) is 0 Å². The van der Waals surface area contributed by atoms with Crippen molar-refractivity contribution in [2.75, 3.05) is 11.9 Å².